The van der Waals surface area contributed by atoms with Crippen molar-refractivity contribution in [2.24, 2.45) is 5.73 Å². The molecule has 0 amide bonds. The number of hydrogen-bond acceptors (Lipinski definition) is 11. The lowest BCUT2D eigenvalue weighted by atomic mass is 9.91. The number of carbonyl (C=O) groups is 2. The lowest BCUT2D eigenvalue weighted by molar-refractivity contribution is -0.193. The van der Waals surface area contributed by atoms with Gasteiger partial charge < -0.3 is 30.3 Å². The van der Waals surface area contributed by atoms with E-state index < -0.39 is 24.3 Å². The second-order valence-corrected chi connectivity index (χ2v) is 10.9. The molecule has 0 saturated carbocycles. The number of nitrogens with two attached hydrogens (primary N) is 1. The van der Waals surface area contributed by atoms with Crippen LogP contribution in [0.1, 0.15) is 25.3 Å². The molecule has 3 aromatic rings. The van der Waals surface area contributed by atoms with Crippen molar-refractivity contribution < 1.29 is 55.6 Å². The summed E-state index contributed by atoms with van der Waals surface area (Å²) in [4.78, 5) is 31.7. The van der Waals surface area contributed by atoms with Gasteiger partial charge in [-0.05, 0) is 25.8 Å². The van der Waals surface area contributed by atoms with Gasteiger partial charge in [-0.15, -0.1) is 0 Å². The Labute approximate surface area is 269 Å². The molecule has 2 saturated heterocycles. The Morgan fingerprint density at radius 3 is 2.10 bits per heavy atom. The molecule has 14 nitrogen and oxygen atoms in total. The highest BCUT2D eigenvalue weighted by molar-refractivity contribution is 5.83. The number of fused-ring (bicyclic) bond motifs is 1. The van der Waals surface area contributed by atoms with Crippen LogP contribution in [0.25, 0.3) is 16.8 Å². The fourth-order valence-corrected chi connectivity index (χ4v) is 4.44. The summed E-state index contributed by atoms with van der Waals surface area (Å²) in [6.07, 6.45) is -1.41. The van der Waals surface area contributed by atoms with E-state index in [9.17, 15) is 31.6 Å². The van der Waals surface area contributed by atoms with E-state index in [4.69, 9.17) is 40.0 Å². The van der Waals surface area contributed by atoms with Crippen molar-refractivity contribution in [1.82, 2.24) is 24.5 Å². The van der Waals surface area contributed by atoms with Crippen LogP contribution >= 0.6 is 0 Å². The average molecular weight is 691 g/mol. The van der Waals surface area contributed by atoms with Gasteiger partial charge in [0.15, 0.2) is 0 Å². The zero-order valence-corrected chi connectivity index (χ0v) is 25.5. The lowest BCUT2D eigenvalue weighted by Crippen LogP contribution is -2.48. The van der Waals surface area contributed by atoms with E-state index in [1.165, 1.54) is 0 Å². The second kappa shape index (κ2) is 15.9. The van der Waals surface area contributed by atoms with Gasteiger partial charge in [-0.25, -0.2) is 19.1 Å². The highest BCUT2D eigenvalue weighted by Crippen LogP contribution is 2.30. The highest BCUT2D eigenvalue weighted by atomic mass is 19.4. The summed E-state index contributed by atoms with van der Waals surface area (Å²) in [5.74, 6) is -4.00. The van der Waals surface area contributed by atoms with Crippen molar-refractivity contribution in [2.45, 2.75) is 37.7 Å². The van der Waals surface area contributed by atoms with Gasteiger partial charge in [-0.3, -0.25) is 9.88 Å². The van der Waals surface area contributed by atoms with Crippen LogP contribution in [0, 0.1) is 11.3 Å². The van der Waals surface area contributed by atoms with Crippen LogP contribution in [-0.4, -0.2) is 117 Å². The molecule has 0 bridgehead atoms. The number of anilines is 1. The van der Waals surface area contributed by atoms with Crippen LogP contribution in [0.15, 0.2) is 30.9 Å². The number of carboxylic acids is 2. The Morgan fingerprint density at radius 1 is 1.02 bits per heavy atom. The normalized spacial score (nSPS) is 16.5. The summed E-state index contributed by atoms with van der Waals surface area (Å²) in [6.45, 7) is 8.55. The monoisotopic (exact) mass is 690 g/mol. The minimum absolute atomic E-state index is 0.118. The van der Waals surface area contributed by atoms with E-state index in [1.807, 2.05) is 6.07 Å². The number of halogens is 6. The minimum Gasteiger partial charge on any atom is -0.491 e. The quantitative estimate of drug-likeness (QED) is 0.320. The number of nitriles is 1. The van der Waals surface area contributed by atoms with E-state index in [-0.39, 0.29) is 5.54 Å². The van der Waals surface area contributed by atoms with Gasteiger partial charge in [-0.1, -0.05) is 0 Å². The topological polar surface area (TPSA) is 192 Å². The maximum absolute atomic E-state index is 10.6. The molecule has 2 aliphatic heterocycles. The van der Waals surface area contributed by atoms with Gasteiger partial charge in [0.1, 0.15) is 24.2 Å². The van der Waals surface area contributed by atoms with Crippen molar-refractivity contribution in [3.8, 4) is 23.1 Å². The first-order chi connectivity index (χ1) is 22.4. The van der Waals surface area contributed by atoms with Crippen LogP contribution in [0.5, 0.6) is 5.75 Å². The molecule has 4 N–H and O–H groups in total. The third-order valence-electron chi connectivity index (χ3n) is 7.12. The Hall–Kier alpha value is -4.74. The van der Waals surface area contributed by atoms with E-state index >= 15 is 0 Å². The molecule has 5 rings (SSSR count). The predicted molar refractivity (Wildman–Crippen MR) is 155 cm³/mol. The SMILES string of the molecule is CC1(N)CCN(c2cnc(-c3cc(OCCN4CCOCC4)cn4ncc(C#N)c34)cn2)CC1.O=C(O)C(F)(F)F.O=C(O)C(F)(F)F. The van der Waals surface area contributed by atoms with E-state index in [0.29, 0.717) is 29.1 Å². The molecular weight excluding hydrogens is 658 g/mol. The van der Waals surface area contributed by atoms with Crippen LogP contribution < -0.4 is 15.4 Å². The molecule has 0 radical (unpaired) electrons. The molecule has 3 aromatic heterocycles. The first-order valence-corrected chi connectivity index (χ1v) is 14.2. The molecule has 2 aliphatic rings. The number of hydrogen-bond donors (Lipinski definition) is 3. The van der Waals surface area contributed by atoms with Crippen molar-refractivity contribution in [3.63, 3.8) is 0 Å². The highest BCUT2D eigenvalue weighted by Gasteiger charge is 2.39. The number of nitrogens with zero attached hydrogens (tertiary/aromatic N) is 7. The van der Waals surface area contributed by atoms with Crippen molar-refractivity contribution in [2.75, 3.05) is 57.4 Å². The van der Waals surface area contributed by atoms with Crippen LogP contribution in [-0.2, 0) is 14.3 Å². The number of ether oxygens (including phenoxy) is 2. The van der Waals surface area contributed by atoms with Gasteiger partial charge in [0.2, 0.25) is 0 Å². The first kappa shape index (κ1) is 37.7. The third-order valence-corrected chi connectivity index (χ3v) is 7.12. The standard InChI is InChI=1S/C24H30N8O2.2C2HF3O2/c1-24(26)2-4-31(5-3-24)22-16-27-21(15-28-22)20-12-19(17-32-23(20)18(13-25)14-29-32)34-11-8-30-6-9-33-10-7-30;2*3-2(4,5)1(6)7/h12,14-17H,2-11,26H2,1H3;2*(H,6,7). The predicted octanol–water partition coefficient (Wildman–Crippen LogP) is 2.96. The minimum atomic E-state index is -5.08. The van der Waals surface area contributed by atoms with Crippen molar-refractivity contribution >= 4 is 23.3 Å². The third kappa shape index (κ3) is 10.9. The smallest absolute Gasteiger partial charge is 0.490 e. The van der Waals surface area contributed by atoms with Gasteiger partial charge in [0.25, 0.3) is 0 Å². The van der Waals surface area contributed by atoms with Gasteiger partial charge >= 0.3 is 24.3 Å². The molecule has 0 atom stereocenters. The molecule has 262 valence electrons. The summed E-state index contributed by atoms with van der Waals surface area (Å²) < 4.78 is 76.6. The number of aliphatic carboxylic acids is 2. The summed E-state index contributed by atoms with van der Waals surface area (Å²) >= 11 is 0. The number of carboxylic acid groups (broad SMARTS) is 2. The fourth-order valence-electron chi connectivity index (χ4n) is 4.44. The Kier molecular flexibility index (Phi) is 12.5. The van der Waals surface area contributed by atoms with Gasteiger partial charge in [0.05, 0.1) is 54.8 Å². The maximum atomic E-state index is 10.6. The second-order valence-electron chi connectivity index (χ2n) is 10.9. The van der Waals surface area contributed by atoms with Crippen molar-refractivity contribution in [1.29, 1.82) is 5.26 Å². The van der Waals surface area contributed by atoms with E-state index in [0.717, 1.165) is 70.2 Å². The molecule has 0 unspecified atom stereocenters. The first-order valence-electron chi connectivity index (χ1n) is 14.2. The number of morpholine rings is 1. The van der Waals surface area contributed by atoms with E-state index in [1.54, 1.807) is 29.3 Å². The molecule has 0 aromatic carbocycles. The molecule has 48 heavy (non-hydrogen) atoms. The number of pyridine rings is 1. The van der Waals surface area contributed by atoms with Crippen LogP contribution in [0.2, 0.25) is 0 Å². The van der Waals surface area contributed by atoms with Gasteiger partial charge in [0, 0.05) is 43.8 Å². The molecule has 5 heterocycles. The van der Waals surface area contributed by atoms with Crippen LogP contribution in [0.4, 0.5) is 32.2 Å². The molecule has 0 spiro atoms. The number of alkyl halides is 6. The largest absolute Gasteiger partial charge is 0.491 e. The maximum Gasteiger partial charge on any atom is 0.490 e. The fraction of sp³-hybridized carbons (Fsp3) is 0.500. The summed E-state index contributed by atoms with van der Waals surface area (Å²) in [7, 11) is 0. The lowest BCUT2D eigenvalue weighted by Gasteiger charge is -2.37. The summed E-state index contributed by atoms with van der Waals surface area (Å²) in [5, 5.41) is 28.2. The number of aromatic nitrogens is 4. The summed E-state index contributed by atoms with van der Waals surface area (Å²) in [6, 6.07) is 4.14. The Balaban J connectivity index is 0.000000376. The molecule has 20 heteroatoms. The van der Waals surface area contributed by atoms with Crippen molar-refractivity contribution in [3.05, 3.63) is 36.4 Å². The summed E-state index contributed by atoms with van der Waals surface area (Å²) in [5.41, 5.74) is 8.77. The zero-order chi connectivity index (χ0) is 35.7. The van der Waals surface area contributed by atoms with Gasteiger partial charge in [-0.2, -0.15) is 36.7 Å². The molecule has 2 fully saturated rings. The Morgan fingerprint density at radius 2 is 1.60 bits per heavy atom. The average Bonchev–Trinajstić information content (AvgIpc) is 3.44. The number of rotatable bonds is 6. The number of piperidine rings is 1. The van der Waals surface area contributed by atoms with E-state index in [2.05, 4.69) is 32.9 Å². The Bertz CT molecular complexity index is 1550. The molecule has 0 aliphatic carbocycles. The zero-order valence-electron chi connectivity index (χ0n) is 25.5. The molecular formula is C28H32F6N8O6. The van der Waals surface area contributed by atoms with Crippen LogP contribution in [0.3, 0.4) is 0 Å².